The summed E-state index contributed by atoms with van der Waals surface area (Å²) < 4.78 is 11.5. The molecule has 0 unspecified atom stereocenters. The maximum atomic E-state index is 11.5. The van der Waals surface area contributed by atoms with E-state index in [1.54, 1.807) is 13.0 Å². The molecule has 110 valence electrons. The number of nitrogens with zero attached hydrogens (tertiary/aromatic N) is 1. The third-order valence-electron chi connectivity index (χ3n) is 3.43. The van der Waals surface area contributed by atoms with Crippen molar-refractivity contribution in [3.8, 4) is 5.75 Å². The Kier molecular flexibility index (Phi) is 5.15. The number of carbonyl (C=O) groups excluding carboxylic acids is 1. The second kappa shape index (κ2) is 6.86. The fourth-order valence-electron chi connectivity index (χ4n) is 2.64. The van der Waals surface area contributed by atoms with Crippen molar-refractivity contribution in [1.29, 1.82) is 0 Å². The molecule has 1 heterocycles. The van der Waals surface area contributed by atoms with E-state index in [0.29, 0.717) is 17.9 Å². The van der Waals surface area contributed by atoms with Crippen LogP contribution in [0.4, 0.5) is 0 Å². The van der Waals surface area contributed by atoms with E-state index in [1.807, 2.05) is 18.2 Å². The van der Waals surface area contributed by atoms with Gasteiger partial charge in [-0.25, -0.2) is 0 Å². The van der Waals surface area contributed by atoms with Crippen LogP contribution < -0.4 is 4.74 Å². The predicted octanol–water partition coefficient (Wildman–Crippen LogP) is 2.38. The van der Waals surface area contributed by atoms with E-state index >= 15 is 0 Å². The molecule has 20 heavy (non-hydrogen) atoms. The van der Waals surface area contributed by atoms with Crippen molar-refractivity contribution in [1.82, 2.24) is 4.90 Å². The number of hydrogen-bond acceptors (Lipinski definition) is 4. The molecular weight excluding hydrogens is 254 g/mol. The number of hydrogen-bond donors (Lipinski definition) is 0. The maximum absolute atomic E-state index is 11.5. The van der Waals surface area contributed by atoms with Gasteiger partial charge in [0.05, 0.1) is 17.8 Å². The number of para-hydroxylation sites is 1. The van der Waals surface area contributed by atoms with Crippen LogP contribution >= 0.6 is 0 Å². The molecule has 1 aromatic rings. The molecule has 4 heteroatoms. The summed E-state index contributed by atoms with van der Waals surface area (Å²) in [5, 5.41) is 0. The SMILES string of the molecule is CC(=O)c1ccccc1OCCN1C[C@H](C)O[C@@H](C)C1. The number of Topliss-reactive ketones (excluding diaryl/α,β-unsaturated/α-hetero) is 1. The highest BCUT2D eigenvalue weighted by Gasteiger charge is 2.21. The highest BCUT2D eigenvalue weighted by atomic mass is 16.5. The van der Waals surface area contributed by atoms with Crippen molar-refractivity contribution in [2.45, 2.75) is 33.0 Å². The van der Waals surface area contributed by atoms with Gasteiger partial charge in [0.15, 0.2) is 5.78 Å². The fourth-order valence-corrected chi connectivity index (χ4v) is 2.64. The van der Waals surface area contributed by atoms with Gasteiger partial charge in [0.2, 0.25) is 0 Å². The van der Waals surface area contributed by atoms with Gasteiger partial charge in [-0.15, -0.1) is 0 Å². The number of ketones is 1. The second-order valence-corrected chi connectivity index (χ2v) is 5.42. The first-order valence-corrected chi connectivity index (χ1v) is 7.17. The largest absolute Gasteiger partial charge is 0.491 e. The average Bonchev–Trinajstić information content (AvgIpc) is 2.38. The van der Waals surface area contributed by atoms with Gasteiger partial charge >= 0.3 is 0 Å². The highest BCUT2D eigenvalue weighted by Crippen LogP contribution is 2.18. The zero-order valence-electron chi connectivity index (χ0n) is 12.5. The van der Waals surface area contributed by atoms with Crippen molar-refractivity contribution in [3.63, 3.8) is 0 Å². The van der Waals surface area contributed by atoms with E-state index in [1.165, 1.54) is 0 Å². The number of ether oxygens (including phenoxy) is 2. The Bertz CT molecular complexity index is 451. The normalized spacial score (nSPS) is 23.6. The molecule has 0 amide bonds. The first-order chi connectivity index (χ1) is 9.56. The van der Waals surface area contributed by atoms with Crippen LogP contribution in [0.1, 0.15) is 31.1 Å². The summed E-state index contributed by atoms with van der Waals surface area (Å²) in [7, 11) is 0. The summed E-state index contributed by atoms with van der Waals surface area (Å²) in [5.74, 6) is 0.712. The monoisotopic (exact) mass is 277 g/mol. The van der Waals surface area contributed by atoms with Gasteiger partial charge in [-0.3, -0.25) is 9.69 Å². The number of morpholine rings is 1. The molecular formula is C16H23NO3. The molecule has 4 nitrogen and oxygen atoms in total. The maximum Gasteiger partial charge on any atom is 0.163 e. The molecule has 0 bridgehead atoms. The van der Waals surface area contributed by atoms with Crippen molar-refractivity contribution >= 4 is 5.78 Å². The lowest BCUT2D eigenvalue weighted by Crippen LogP contribution is -2.46. The van der Waals surface area contributed by atoms with Gasteiger partial charge in [-0.1, -0.05) is 12.1 Å². The summed E-state index contributed by atoms with van der Waals surface area (Å²) in [5.41, 5.74) is 0.649. The highest BCUT2D eigenvalue weighted by molar-refractivity contribution is 5.96. The average molecular weight is 277 g/mol. The summed E-state index contributed by atoms with van der Waals surface area (Å²) in [4.78, 5) is 13.9. The third-order valence-corrected chi connectivity index (χ3v) is 3.43. The quantitative estimate of drug-likeness (QED) is 0.775. The number of rotatable bonds is 5. The minimum atomic E-state index is 0.0363. The van der Waals surface area contributed by atoms with E-state index in [0.717, 1.165) is 19.6 Å². The lowest BCUT2D eigenvalue weighted by molar-refractivity contribution is -0.0699. The molecule has 1 aliphatic rings. The molecule has 0 aromatic heterocycles. The van der Waals surface area contributed by atoms with Gasteiger partial charge in [0.25, 0.3) is 0 Å². The number of benzene rings is 1. The van der Waals surface area contributed by atoms with E-state index in [2.05, 4.69) is 18.7 Å². The molecule has 0 spiro atoms. The Balaban J connectivity index is 1.85. The van der Waals surface area contributed by atoms with Crippen LogP contribution in [0.2, 0.25) is 0 Å². The number of carbonyl (C=O) groups is 1. The van der Waals surface area contributed by atoms with Crippen molar-refractivity contribution < 1.29 is 14.3 Å². The molecule has 1 aliphatic heterocycles. The van der Waals surface area contributed by atoms with Crippen LogP contribution in [-0.2, 0) is 4.74 Å². The Hall–Kier alpha value is -1.39. The van der Waals surface area contributed by atoms with Crippen molar-refractivity contribution in [2.75, 3.05) is 26.2 Å². The van der Waals surface area contributed by atoms with Crippen LogP contribution in [0.5, 0.6) is 5.75 Å². The minimum absolute atomic E-state index is 0.0363. The standard InChI is InChI=1S/C16H23NO3/c1-12-10-17(11-13(2)20-12)8-9-19-16-7-5-4-6-15(16)14(3)18/h4-7,12-13H,8-11H2,1-3H3/t12-,13-/m0/s1. The molecule has 0 N–H and O–H groups in total. The lowest BCUT2D eigenvalue weighted by Gasteiger charge is -2.35. The fraction of sp³-hybridized carbons (Fsp3) is 0.562. The molecule has 0 saturated carbocycles. The van der Waals surface area contributed by atoms with Crippen LogP contribution in [0.15, 0.2) is 24.3 Å². The zero-order valence-corrected chi connectivity index (χ0v) is 12.5. The summed E-state index contributed by atoms with van der Waals surface area (Å²) in [6.45, 7) is 9.05. The van der Waals surface area contributed by atoms with E-state index in [9.17, 15) is 4.79 Å². The smallest absolute Gasteiger partial charge is 0.163 e. The topological polar surface area (TPSA) is 38.8 Å². The van der Waals surface area contributed by atoms with Crippen LogP contribution in [0.3, 0.4) is 0 Å². The van der Waals surface area contributed by atoms with Crippen LogP contribution in [0, 0.1) is 0 Å². The van der Waals surface area contributed by atoms with Crippen LogP contribution in [-0.4, -0.2) is 49.1 Å². The molecule has 0 aliphatic carbocycles. The first-order valence-electron chi connectivity index (χ1n) is 7.17. The molecule has 0 radical (unpaired) electrons. The minimum Gasteiger partial charge on any atom is -0.491 e. The third kappa shape index (κ3) is 4.05. The van der Waals surface area contributed by atoms with Crippen molar-refractivity contribution in [2.24, 2.45) is 0 Å². The molecule has 2 rings (SSSR count). The van der Waals surface area contributed by atoms with Crippen LogP contribution in [0.25, 0.3) is 0 Å². The van der Waals surface area contributed by atoms with Gasteiger partial charge in [0, 0.05) is 19.6 Å². The summed E-state index contributed by atoms with van der Waals surface area (Å²) in [6, 6.07) is 7.40. The van der Waals surface area contributed by atoms with Gasteiger partial charge < -0.3 is 9.47 Å². The molecule has 2 atom stereocenters. The van der Waals surface area contributed by atoms with E-state index in [-0.39, 0.29) is 18.0 Å². The molecule has 1 fully saturated rings. The second-order valence-electron chi connectivity index (χ2n) is 5.42. The molecule has 1 aromatic carbocycles. The Labute approximate surface area is 120 Å². The van der Waals surface area contributed by atoms with E-state index in [4.69, 9.17) is 9.47 Å². The van der Waals surface area contributed by atoms with E-state index < -0.39 is 0 Å². The van der Waals surface area contributed by atoms with Crippen molar-refractivity contribution in [3.05, 3.63) is 29.8 Å². The first kappa shape index (κ1) is 15.0. The Morgan fingerprint density at radius 2 is 1.95 bits per heavy atom. The Morgan fingerprint density at radius 1 is 1.30 bits per heavy atom. The molecule has 1 saturated heterocycles. The summed E-state index contributed by atoms with van der Waals surface area (Å²) >= 11 is 0. The van der Waals surface area contributed by atoms with Gasteiger partial charge in [0.1, 0.15) is 12.4 Å². The summed E-state index contributed by atoms with van der Waals surface area (Å²) in [6.07, 6.45) is 0.534. The van der Waals surface area contributed by atoms with Gasteiger partial charge in [-0.05, 0) is 32.9 Å². The zero-order chi connectivity index (χ0) is 14.5. The predicted molar refractivity (Wildman–Crippen MR) is 78.4 cm³/mol. The Morgan fingerprint density at radius 3 is 2.60 bits per heavy atom. The van der Waals surface area contributed by atoms with Gasteiger partial charge in [-0.2, -0.15) is 0 Å². The lowest BCUT2D eigenvalue weighted by atomic mass is 10.1.